The minimum absolute atomic E-state index is 0.0496. The zero-order valence-electron chi connectivity index (χ0n) is 11.8. The first kappa shape index (κ1) is 13.8. The van der Waals surface area contributed by atoms with Gasteiger partial charge in [-0.25, -0.2) is 0 Å². The van der Waals surface area contributed by atoms with Crippen molar-refractivity contribution in [1.82, 2.24) is 15.5 Å². The van der Waals surface area contributed by atoms with E-state index >= 15 is 0 Å². The number of piperidine rings is 2. The summed E-state index contributed by atoms with van der Waals surface area (Å²) in [7, 11) is 2.17. The first-order valence-corrected chi connectivity index (χ1v) is 7.29. The van der Waals surface area contributed by atoms with E-state index in [1.54, 1.807) is 0 Å². The van der Waals surface area contributed by atoms with Gasteiger partial charge in [-0.1, -0.05) is 13.3 Å². The summed E-state index contributed by atoms with van der Waals surface area (Å²) < 4.78 is 0. The van der Waals surface area contributed by atoms with Crippen LogP contribution in [0, 0.1) is 5.41 Å². The Balaban J connectivity index is 1.74. The Morgan fingerprint density at radius 3 is 2.72 bits per heavy atom. The standard InChI is InChI=1S/C14H27N3O/c1-14(6-9-17(2)10-7-14)11-16-13(18)12-5-3-4-8-15-12/h12,15H,3-11H2,1-2H3,(H,16,18)/t12-/m0/s1. The lowest BCUT2D eigenvalue weighted by atomic mass is 9.80. The highest BCUT2D eigenvalue weighted by Gasteiger charge is 2.30. The molecule has 0 aromatic carbocycles. The molecule has 1 atom stereocenters. The van der Waals surface area contributed by atoms with Crippen molar-refractivity contribution in [3.05, 3.63) is 0 Å². The Kier molecular flexibility index (Phi) is 4.62. The molecule has 0 spiro atoms. The van der Waals surface area contributed by atoms with Crippen LogP contribution in [0.5, 0.6) is 0 Å². The van der Waals surface area contributed by atoms with Crippen LogP contribution in [0.25, 0.3) is 0 Å². The zero-order chi connectivity index (χ0) is 13.0. The van der Waals surface area contributed by atoms with Gasteiger partial charge < -0.3 is 15.5 Å². The summed E-state index contributed by atoms with van der Waals surface area (Å²) in [5, 5.41) is 6.46. The minimum Gasteiger partial charge on any atom is -0.354 e. The number of likely N-dealkylation sites (tertiary alicyclic amines) is 1. The van der Waals surface area contributed by atoms with E-state index in [1.165, 1.54) is 25.7 Å². The van der Waals surface area contributed by atoms with Crippen molar-refractivity contribution < 1.29 is 4.79 Å². The summed E-state index contributed by atoms with van der Waals surface area (Å²) in [4.78, 5) is 14.4. The fourth-order valence-electron chi connectivity index (χ4n) is 2.83. The van der Waals surface area contributed by atoms with Crippen LogP contribution in [0.15, 0.2) is 0 Å². The summed E-state index contributed by atoms with van der Waals surface area (Å²) in [5.41, 5.74) is 0.289. The number of nitrogens with one attached hydrogen (secondary N) is 2. The average molecular weight is 253 g/mol. The number of hydrogen-bond acceptors (Lipinski definition) is 3. The molecule has 4 heteroatoms. The minimum atomic E-state index is 0.0496. The van der Waals surface area contributed by atoms with Crippen LogP contribution in [0.1, 0.15) is 39.0 Å². The topological polar surface area (TPSA) is 44.4 Å². The second-order valence-electron chi connectivity index (χ2n) is 6.33. The van der Waals surface area contributed by atoms with Crippen molar-refractivity contribution in [2.24, 2.45) is 5.41 Å². The van der Waals surface area contributed by atoms with Crippen LogP contribution in [-0.2, 0) is 4.79 Å². The molecular weight excluding hydrogens is 226 g/mol. The number of carbonyl (C=O) groups is 1. The van der Waals surface area contributed by atoms with Gasteiger partial charge in [0.05, 0.1) is 6.04 Å². The van der Waals surface area contributed by atoms with Crippen molar-refractivity contribution in [3.8, 4) is 0 Å². The van der Waals surface area contributed by atoms with Gasteiger partial charge in [-0.05, 0) is 57.8 Å². The van der Waals surface area contributed by atoms with Crippen molar-refractivity contribution in [1.29, 1.82) is 0 Å². The van der Waals surface area contributed by atoms with Crippen LogP contribution < -0.4 is 10.6 Å². The lowest BCUT2D eigenvalue weighted by molar-refractivity contribution is -0.124. The molecule has 2 fully saturated rings. The average Bonchev–Trinajstić information content (AvgIpc) is 2.41. The van der Waals surface area contributed by atoms with Crippen LogP contribution in [0.2, 0.25) is 0 Å². The molecule has 0 unspecified atom stereocenters. The maximum Gasteiger partial charge on any atom is 0.237 e. The van der Waals surface area contributed by atoms with Crippen molar-refractivity contribution in [2.75, 3.05) is 33.2 Å². The van der Waals surface area contributed by atoms with E-state index < -0.39 is 0 Å². The van der Waals surface area contributed by atoms with Gasteiger partial charge in [0.2, 0.25) is 5.91 Å². The highest BCUT2D eigenvalue weighted by Crippen LogP contribution is 2.29. The molecule has 1 amide bonds. The molecule has 0 radical (unpaired) electrons. The van der Waals surface area contributed by atoms with E-state index in [0.29, 0.717) is 0 Å². The first-order chi connectivity index (χ1) is 8.59. The van der Waals surface area contributed by atoms with Gasteiger partial charge in [-0.2, -0.15) is 0 Å². The molecule has 104 valence electrons. The molecule has 2 N–H and O–H groups in total. The van der Waals surface area contributed by atoms with E-state index in [2.05, 4.69) is 29.5 Å². The highest BCUT2D eigenvalue weighted by molar-refractivity contribution is 5.81. The van der Waals surface area contributed by atoms with Gasteiger partial charge in [0.15, 0.2) is 0 Å². The number of nitrogens with zero attached hydrogens (tertiary/aromatic N) is 1. The molecule has 2 aliphatic rings. The smallest absolute Gasteiger partial charge is 0.237 e. The second kappa shape index (κ2) is 6.02. The maximum absolute atomic E-state index is 12.1. The van der Waals surface area contributed by atoms with E-state index in [-0.39, 0.29) is 17.4 Å². The Bertz CT molecular complexity index is 279. The van der Waals surface area contributed by atoms with Crippen LogP contribution >= 0.6 is 0 Å². The van der Waals surface area contributed by atoms with Gasteiger partial charge in [0.1, 0.15) is 0 Å². The van der Waals surface area contributed by atoms with Gasteiger partial charge in [0.25, 0.3) is 0 Å². The summed E-state index contributed by atoms with van der Waals surface area (Å²) in [6.45, 7) is 6.41. The van der Waals surface area contributed by atoms with Gasteiger partial charge in [-0.3, -0.25) is 4.79 Å². The zero-order valence-corrected chi connectivity index (χ0v) is 11.8. The monoisotopic (exact) mass is 253 g/mol. The lowest BCUT2D eigenvalue weighted by Crippen LogP contribution is -2.50. The largest absolute Gasteiger partial charge is 0.354 e. The van der Waals surface area contributed by atoms with Gasteiger partial charge in [-0.15, -0.1) is 0 Å². The molecule has 0 bridgehead atoms. The molecule has 2 heterocycles. The third kappa shape index (κ3) is 3.69. The van der Waals surface area contributed by atoms with Crippen LogP contribution in [-0.4, -0.2) is 50.1 Å². The van der Waals surface area contributed by atoms with Crippen molar-refractivity contribution >= 4 is 5.91 Å². The number of hydrogen-bond donors (Lipinski definition) is 2. The molecule has 4 nitrogen and oxygen atoms in total. The van der Waals surface area contributed by atoms with Gasteiger partial charge in [0, 0.05) is 6.54 Å². The Hall–Kier alpha value is -0.610. The highest BCUT2D eigenvalue weighted by atomic mass is 16.2. The normalized spacial score (nSPS) is 28.9. The van der Waals surface area contributed by atoms with Crippen LogP contribution in [0.4, 0.5) is 0 Å². The molecule has 2 aliphatic heterocycles. The molecule has 0 saturated carbocycles. The summed E-state index contributed by atoms with van der Waals surface area (Å²) in [6.07, 6.45) is 5.73. The Morgan fingerprint density at radius 1 is 1.39 bits per heavy atom. The molecule has 0 aromatic heterocycles. The van der Waals surface area contributed by atoms with E-state index in [0.717, 1.165) is 32.6 Å². The SMILES string of the molecule is CN1CCC(C)(CNC(=O)[C@@H]2CCCCN2)CC1. The molecule has 0 aromatic rings. The third-order valence-corrected chi connectivity index (χ3v) is 4.51. The fraction of sp³-hybridized carbons (Fsp3) is 0.929. The first-order valence-electron chi connectivity index (χ1n) is 7.29. The van der Waals surface area contributed by atoms with E-state index in [9.17, 15) is 4.79 Å². The summed E-state index contributed by atoms with van der Waals surface area (Å²) in [5.74, 6) is 0.204. The predicted molar refractivity (Wildman–Crippen MR) is 73.5 cm³/mol. The molecular formula is C14H27N3O. The quantitative estimate of drug-likeness (QED) is 0.788. The third-order valence-electron chi connectivity index (χ3n) is 4.51. The molecule has 0 aliphatic carbocycles. The number of carbonyl (C=O) groups excluding carboxylic acids is 1. The predicted octanol–water partition coefficient (Wildman–Crippen LogP) is 0.977. The molecule has 2 rings (SSSR count). The second-order valence-corrected chi connectivity index (χ2v) is 6.33. The fourth-order valence-corrected chi connectivity index (χ4v) is 2.83. The molecule has 2 saturated heterocycles. The van der Waals surface area contributed by atoms with Crippen molar-refractivity contribution in [2.45, 2.75) is 45.1 Å². The number of amides is 1. The van der Waals surface area contributed by atoms with Crippen LogP contribution in [0.3, 0.4) is 0 Å². The summed E-state index contributed by atoms with van der Waals surface area (Å²) >= 11 is 0. The van der Waals surface area contributed by atoms with E-state index in [1.807, 2.05) is 0 Å². The lowest BCUT2D eigenvalue weighted by Gasteiger charge is -2.38. The molecule has 18 heavy (non-hydrogen) atoms. The van der Waals surface area contributed by atoms with E-state index in [4.69, 9.17) is 0 Å². The number of rotatable bonds is 3. The summed E-state index contributed by atoms with van der Waals surface area (Å²) in [6, 6.07) is 0.0496. The van der Waals surface area contributed by atoms with Crippen molar-refractivity contribution in [3.63, 3.8) is 0 Å². The van der Waals surface area contributed by atoms with Gasteiger partial charge >= 0.3 is 0 Å². The Labute approximate surface area is 110 Å². The Morgan fingerprint density at radius 2 is 2.11 bits per heavy atom. The maximum atomic E-state index is 12.1.